The Kier molecular flexibility index (Phi) is 2.87. The van der Waals surface area contributed by atoms with Gasteiger partial charge >= 0.3 is 11.4 Å². The van der Waals surface area contributed by atoms with Gasteiger partial charge in [-0.2, -0.15) is 9.63 Å². The van der Waals surface area contributed by atoms with Gasteiger partial charge in [-0.15, -0.1) is 10.2 Å². The Morgan fingerprint density at radius 3 is 2.57 bits per heavy atom. The summed E-state index contributed by atoms with van der Waals surface area (Å²) in [6, 6.07) is 7.35. The van der Waals surface area contributed by atoms with Crippen LogP contribution in [-0.2, 0) is 0 Å². The monoisotopic (exact) mass is 285 g/mol. The van der Waals surface area contributed by atoms with Crippen LogP contribution in [0.3, 0.4) is 0 Å². The van der Waals surface area contributed by atoms with E-state index in [1.54, 1.807) is 12.1 Å². The van der Waals surface area contributed by atoms with Gasteiger partial charge in [0.05, 0.1) is 5.69 Å². The van der Waals surface area contributed by atoms with Crippen molar-refractivity contribution in [3.05, 3.63) is 50.8 Å². The maximum atomic E-state index is 11.6. The molecule has 0 aliphatic carbocycles. The number of H-pyrrole nitrogens is 2. The fraction of sp³-hybridized carbons (Fsp3) is 0.0833. The highest BCUT2D eigenvalue weighted by Crippen LogP contribution is 2.26. The number of nitrogens with zero attached hydrogens (tertiary/aromatic N) is 4. The molecule has 2 aromatic heterocycles. The number of rotatable bonds is 2. The van der Waals surface area contributed by atoms with Crippen LogP contribution in [0.15, 0.2) is 44.1 Å². The predicted octanol–water partition coefficient (Wildman–Crippen LogP) is 1.02. The Hall–Kier alpha value is -3.23. The highest BCUT2D eigenvalue weighted by Gasteiger charge is 2.13. The van der Waals surface area contributed by atoms with Crippen LogP contribution in [0.5, 0.6) is 0 Å². The summed E-state index contributed by atoms with van der Waals surface area (Å²) in [6.07, 6.45) is 0. The number of aromatic amines is 2. The van der Waals surface area contributed by atoms with Crippen molar-refractivity contribution in [2.24, 2.45) is 10.2 Å². The predicted molar refractivity (Wildman–Crippen MR) is 76.2 cm³/mol. The van der Waals surface area contributed by atoms with E-state index in [2.05, 4.69) is 20.3 Å². The smallest absolute Gasteiger partial charge is 0.352 e. The number of nitrogens with one attached hydrogen (secondary N) is 2. The van der Waals surface area contributed by atoms with Gasteiger partial charge < -0.3 is 5.73 Å². The zero-order valence-electron chi connectivity index (χ0n) is 11.0. The van der Waals surface area contributed by atoms with E-state index < -0.39 is 11.4 Å². The van der Waals surface area contributed by atoms with Crippen LogP contribution in [0.25, 0.3) is 5.65 Å². The van der Waals surface area contributed by atoms with E-state index in [0.717, 1.165) is 10.1 Å². The van der Waals surface area contributed by atoms with Gasteiger partial charge in [0.2, 0.25) is 0 Å². The number of azo groups is 1. The summed E-state index contributed by atoms with van der Waals surface area (Å²) in [5, 5.41) is 11.8. The second-order valence-corrected chi connectivity index (χ2v) is 4.41. The van der Waals surface area contributed by atoms with Crippen molar-refractivity contribution in [2.75, 3.05) is 5.73 Å². The first-order chi connectivity index (χ1) is 10.0. The molecule has 0 fully saturated rings. The molecule has 9 nitrogen and oxygen atoms in total. The van der Waals surface area contributed by atoms with E-state index >= 15 is 0 Å². The normalized spacial score (nSPS) is 11.5. The van der Waals surface area contributed by atoms with Gasteiger partial charge in [-0.05, 0) is 19.1 Å². The molecule has 0 saturated heterocycles. The maximum absolute atomic E-state index is 11.6. The molecule has 0 aliphatic rings. The third kappa shape index (κ3) is 2.31. The molecule has 9 heteroatoms. The fourth-order valence-corrected chi connectivity index (χ4v) is 1.79. The molecule has 0 radical (unpaired) electrons. The topological polar surface area (TPSA) is 134 Å². The van der Waals surface area contributed by atoms with E-state index in [4.69, 9.17) is 5.73 Å². The molecule has 0 spiro atoms. The summed E-state index contributed by atoms with van der Waals surface area (Å²) >= 11 is 0. The van der Waals surface area contributed by atoms with Gasteiger partial charge in [0.15, 0.2) is 17.2 Å². The lowest BCUT2D eigenvalue weighted by molar-refractivity contribution is 0.824. The minimum Gasteiger partial charge on any atom is -0.380 e. The molecular weight excluding hydrogens is 274 g/mol. The van der Waals surface area contributed by atoms with Crippen LogP contribution in [0.2, 0.25) is 0 Å². The molecule has 4 N–H and O–H groups in total. The van der Waals surface area contributed by atoms with Gasteiger partial charge in [-0.25, -0.2) is 9.59 Å². The minimum absolute atomic E-state index is 0.00166. The molecule has 0 amide bonds. The lowest BCUT2D eigenvalue weighted by Crippen LogP contribution is -2.28. The fourth-order valence-electron chi connectivity index (χ4n) is 1.79. The lowest BCUT2D eigenvalue weighted by atomic mass is 10.2. The number of aromatic nitrogens is 4. The summed E-state index contributed by atoms with van der Waals surface area (Å²) in [5.41, 5.74) is 6.28. The summed E-state index contributed by atoms with van der Waals surface area (Å²) < 4.78 is 0.931. The van der Waals surface area contributed by atoms with Gasteiger partial charge in [0.1, 0.15) is 0 Å². The Balaban J connectivity index is 2.12. The summed E-state index contributed by atoms with van der Waals surface area (Å²) in [7, 11) is 0. The van der Waals surface area contributed by atoms with Gasteiger partial charge in [-0.3, -0.25) is 9.97 Å². The molecule has 0 unspecified atom stereocenters. The van der Waals surface area contributed by atoms with Crippen LogP contribution in [0.1, 0.15) is 5.56 Å². The Morgan fingerprint density at radius 1 is 1.14 bits per heavy atom. The number of hydrogen-bond acceptors (Lipinski definition) is 6. The first-order valence-electron chi connectivity index (χ1n) is 6.04. The molecule has 106 valence electrons. The molecule has 21 heavy (non-hydrogen) atoms. The van der Waals surface area contributed by atoms with Crippen LogP contribution in [-0.4, -0.2) is 19.6 Å². The van der Waals surface area contributed by atoms with Crippen LogP contribution in [0.4, 0.5) is 17.2 Å². The Bertz CT molecular complexity index is 946. The molecule has 0 saturated carbocycles. The third-order valence-electron chi connectivity index (χ3n) is 2.83. The number of anilines is 1. The van der Waals surface area contributed by atoms with Gasteiger partial charge in [0.25, 0.3) is 0 Å². The van der Waals surface area contributed by atoms with Crippen molar-refractivity contribution in [1.29, 1.82) is 0 Å². The van der Waals surface area contributed by atoms with Crippen molar-refractivity contribution in [2.45, 2.75) is 6.92 Å². The largest absolute Gasteiger partial charge is 0.380 e. The molecule has 3 aromatic rings. The third-order valence-corrected chi connectivity index (χ3v) is 2.83. The zero-order chi connectivity index (χ0) is 15.0. The molecule has 0 aliphatic heterocycles. The Morgan fingerprint density at radius 2 is 1.86 bits per heavy atom. The van der Waals surface area contributed by atoms with Crippen LogP contribution in [0, 0.1) is 6.92 Å². The average Bonchev–Trinajstić information content (AvgIpc) is 2.75. The summed E-state index contributed by atoms with van der Waals surface area (Å²) in [6.45, 7) is 1.96. The van der Waals surface area contributed by atoms with E-state index in [1.807, 2.05) is 24.0 Å². The molecular formula is C12H11N7O2. The molecule has 0 bridgehead atoms. The number of nitrogens with two attached hydrogens (primary N) is 1. The van der Waals surface area contributed by atoms with Crippen molar-refractivity contribution >= 4 is 22.8 Å². The maximum Gasteiger partial charge on any atom is 0.352 e. The number of fused-ring (bicyclic) bond motifs is 1. The van der Waals surface area contributed by atoms with E-state index in [9.17, 15) is 9.59 Å². The zero-order valence-corrected chi connectivity index (χ0v) is 11.0. The number of hydrogen-bond donors (Lipinski definition) is 3. The van der Waals surface area contributed by atoms with Crippen molar-refractivity contribution in [3.63, 3.8) is 0 Å². The molecule has 2 heterocycles. The SMILES string of the molecule is Cc1ccc(N=Nc2c(N)nn3c(=O)[nH]c(=O)[nH]c23)cc1. The van der Waals surface area contributed by atoms with Gasteiger partial charge in [-0.1, -0.05) is 17.7 Å². The standard InChI is InChI=1S/C12H11N7O2/c1-6-2-4-7(5-3-6)16-17-8-9(13)18-19-10(8)14-11(20)15-12(19)21/h2-5H,1H3,(H2,13,18)(H2,14,15,20,21). The van der Waals surface area contributed by atoms with Crippen LogP contribution >= 0.6 is 0 Å². The molecule has 0 atom stereocenters. The molecule has 3 rings (SSSR count). The first kappa shape index (κ1) is 12.8. The second kappa shape index (κ2) is 4.71. The molecule has 1 aromatic carbocycles. The van der Waals surface area contributed by atoms with Crippen LogP contribution < -0.4 is 17.1 Å². The van der Waals surface area contributed by atoms with E-state index in [1.165, 1.54) is 0 Å². The van der Waals surface area contributed by atoms with Crippen molar-refractivity contribution < 1.29 is 0 Å². The lowest BCUT2D eigenvalue weighted by Gasteiger charge is -1.94. The van der Waals surface area contributed by atoms with E-state index in [0.29, 0.717) is 5.69 Å². The first-order valence-corrected chi connectivity index (χ1v) is 6.04. The van der Waals surface area contributed by atoms with Crippen molar-refractivity contribution in [1.82, 2.24) is 19.6 Å². The highest BCUT2D eigenvalue weighted by molar-refractivity contribution is 5.74. The summed E-state index contributed by atoms with van der Waals surface area (Å²) in [4.78, 5) is 27.3. The highest BCUT2D eigenvalue weighted by atomic mass is 16.2. The Labute approximate surface area is 117 Å². The average molecular weight is 285 g/mol. The quantitative estimate of drug-likeness (QED) is 0.606. The summed E-state index contributed by atoms with van der Waals surface area (Å²) in [5.74, 6) is -0.00166. The second-order valence-electron chi connectivity index (χ2n) is 4.41. The number of benzene rings is 1. The number of nitrogen functional groups attached to an aromatic ring is 1. The minimum atomic E-state index is -0.697. The van der Waals surface area contributed by atoms with Gasteiger partial charge in [0, 0.05) is 0 Å². The number of aryl methyl sites for hydroxylation is 1. The van der Waals surface area contributed by atoms with Crippen molar-refractivity contribution in [3.8, 4) is 0 Å². The van der Waals surface area contributed by atoms with E-state index in [-0.39, 0.29) is 17.2 Å².